The number of rotatable bonds is 4. The lowest BCUT2D eigenvalue weighted by Gasteiger charge is -2.31. The van der Waals surface area contributed by atoms with Crippen LogP contribution >= 0.6 is 15.9 Å². The summed E-state index contributed by atoms with van der Waals surface area (Å²) in [6, 6.07) is 17.1. The van der Waals surface area contributed by atoms with Crippen LogP contribution in [0.3, 0.4) is 0 Å². The summed E-state index contributed by atoms with van der Waals surface area (Å²) in [6.07, 6.45) is 3.55. The number of nitrogens with zero attached hydrogens (tertiary/aromatic N) is 1. The molecule has 146 valence electrons. The van der Waals surface area contributed by atoms with Gasteiger partial charge in [0.05, 0.1) is 7.11 Å². The van der Waals surface area contributed by atoms with Crippen molar-refractivity contribution in [1.82, 2.24) is 4.90 Å². The Morgan fingerprint density at radius 3 is 2.50 bits per heavy atom. The van der Waals surface area contributed by atoms with Gasteiger partial charge in [0.25, 0.3) is 0 Å². The topological polar surface area (TPSA) is 12.5 Å². The van der Waals surface area contributed by atoms with Crippen LogP contribution in [0.1, 0.15) is 38.3 Å². The Balaban J connectivity index is 1.79. The van der Waals surface area contributed by atoms with Crippen molar-refractivity contribution >= 4 is 21.5 Å². The highest BCUT2D eigenvalue weighted by atomic mass is 79.9. The molecule has 1 atom stereocenters. The first-order valence-electron chi connectivity index (χ1n) is 9.93. The molecule has 1 heterocycles. The van der Waals surface area contributed by atoms with Crippen molar-refractivity contribution in [1.29, 1.82) is 0 Å². The lowest BCUT2D eigenvalue weighted by atomic mass is 9.73. The Labute approximate surface area is 177 Å². The fourth-order valence-corrected chi connectivity index (χ4v) is 5.20. The van der Waals surface area contributed by atoms with Crippen LogP contribution in [0.25, 0.3) is 5.57 Å². The molecule has 1 fully saturated rings. The van der Waals surface area contributed by atoms with E-state index in [1.54, 1.807) is 7.11 Å². The summed E-state index contributed by atoms with van der Waals surface area (Å²) in [5.41, 5.74) is 7.21. The van der Waals surface area contributed by atoms with E-state index < -0.39 is 0 Å². The first-order valence-corrected chi connectivity index (χ1v) is 10.7. The van der Waals surface area contributed by atoms with Crippen molar-refractivity contribution in [3.8, 4) is 5.75 Å². The average molecular weight is 438 g/mol. The molecular formula is C25H28BrNO. The van der Waals surface area contributed by atoms with Crippen LogP contribution in [0, 0.1) is 11.3 Å². The van der Waals surface area contributed by atoms with Crippen molar-refractivity contribution in [3.05, 3.63) is 81.5 Å². The number of ether oxygens (including phenoxy) is 1. The second-order valence-corrected chi connectivity index (χ2v) is 9.57. The first kappa shape index (κ1) is 19.3. The van der Waals surface area contributed by atoms with Crippen LogP contribution in [0.4, 0.5) is 0 Å². The van der Waals surface area contributed by atoms with Gasteiger partial charge in [0, 0.05) is 34.8 Å². The second kappa shape index (κ2) is 7.44. The Kier molecular flexibility index (Phi) is 5.13. The normalized spacial score (nSPS) is 20.8. The van der Waals surface area contributed by atoms with Crippen molar-refractivity contribution in [2.75, 3.05) is 13.7 Å². The summed E-state index contributed by atoms with van der Waals surface area (Å²) in [5, 5.41) is 0. The summed E-state index contributed by atoms with van der Waals surface area (Å²) in [5.74, 6) is 1.46. The van der Waals surface area contributed by atoms with E-state index in [-0.39, 0.29) is 5.41 Å². The molecule has 0 aromatic heterocycles. The maximum absolute atomic E-state index is 5.32. The molecule has 0 bridgehead atoms. The zero-order valence-corrected chi connectivity index (χ0v) is 18.7. The maximum Gasteiger partial charge on any atom is 0.118 e. The number of methoxy groups -OCH3 is 1. The number of allylic oxidation sites excluding steroid dienone is 4. The van der Waals surface area contributed by atoms with Crippen molar-refractivity contribution in [2.24, 2.45) is 11.3 Å². The van der Waals surface area contributed by atoms with Crippen LogP contribution in [0.5, 0.6) is 5.75 Å². The Morgan fingerprint density at radius 1 is 1.11 bits per heavy atom. The van der Waals surface area contributed by atoms with E-state index in [4.69, 9.17) is 4.74 Å². The standard InChI is InChI=1S/C25H28BrNO/c1-17-13-21(20-7-5-6-8-23(20)26)24-22(14-17)25(2,3)16-27(24)15-18-9-11-19(28-4)12-10-18/h5-13,22H,14-16H2,1-4H3. The summed E-state index contributed by atoms with van der Waals surface area (Å²) in [4.78, 5) is 2.60. The number of likely N-dealkylation sites (tertiary alicyclic amines) is 1. The molecule has 1 aliphatic carbocycles. The average Bonchev–Trinajstić information content (AvgIpc) is 2.92. The SMILES string of the molecule is COc1ccc(CN2CC(C)(C)C3CC(C)=CC(c4ccccc4Br)=C32)cc1. The summed E-state index contributed by atoms with van der Waals surface area (Å²) in [7, 11) is 1.72. The molecule has 2 aromatic carbocycles. The third-order valence-corrected chi connectivity index (χ3v) is 6.79. The molecule has 2 aliphatic rings. The molecule has 1 unspecified atom stereocenters. The molecule has 3 heteroatoms. The third kappa shape index (κ3) is 3.53. The Morgan fingerprint density at radius 2 is 1.82 bits per heavy atom. The predicted molar refractivity (Wildman–Crippen MR) is 120 cm³/mol. The molecule has 28 heavy (non-hydrogen) atoms. The highest BCUT2D eigenvalue weighted by Crippen LogP contribution is 2.52. The fourth-order valence-electron chi connectivity index (χ4n) is 4.70. The van der Waals surface area contributed by atoms with Gasteiger partial charge in [-0.25, -0.2) is 0 Å². The van der Waals surface area contributed by atoms with Crippen LogP contribution in [-0.4, -0.2) is 18.6 Å². The molecule has 0 amide bonds. The van der Waals surface area contributed by atoms with Gasteiger partial charge in [-0.2, -0.15) is 0 Å². The number of benzene rings is 2. The van der Waals surface area contributed by atoms with Crippen molar-refractivity contribution in [3.63, 3.8) is 0 Å². The Bertz CT molecular complexity index is 939. The van der Waals surface area contributed by atoms with Crippen LogP contribution < -0.4 is 4.74 Å². The van der Waals surface area contributed by atoms with Gasteiger partial charge in [-0.1, -0.05) is 71.8 Å². The zero-order chi connectivity index (χ0) is 19.9. The van der Waals surface area contributed by atoms with Gasteiger partial charge >= 0.3 is 0 Å². The van der Waals surface area contributed by atoms with Gasteiger partial charge in [-0.3, -0.25) is 0 Å². The van der Waals surface area contributed by atoms with Crippen molar-refractivity contribution < 1.29 is 4.74 Å². The molecule has 0 saturated carbocycles. The fraction of sp³-hybridized carbons (Fsp3) is 0.360. The minimum absolute atomic E-state index is 0.254. The quantitative estimate of drug-likeness (QED) is 0.528. The highest BCUT2D eigenvalue weighted by molar-refractivity contribution is 9.10. The number of fused-ring (bicyclic) bond motifs is 1. The summed E-state index contributed by atoms with van der Waals surface area (Å²) < 4.78 is 6.49. The minimum atomic E-state index is 0.254. The highest BCUT2D eigenvalue weighted by Gasteiger charge is 2.45. The lowest BCUT2D eigenvalue weighted by Crippen LogP contribution is -2.23. The molecule has 0 radical (unpaired) electrons. The van der Waals surface area contributed by atoms with Gasteiger partial charge in [-0.15, -0.1) is 0 Å². The smallest absolute Gasteiger partial charge is 0.118 e. The van der Waals surface area contributed by atoms with E-state index in [2.05, 4.69) is 96.2 Å². The molecular weight excluding hydrogens is 410 g/mol. The third-order valence-electron chi connectivity index (χ3n) is 6.10. The van der Waals surface area contributed by atoms with E-state index in [0.29, 0.717) is 5.92 Å². The summed E-state index contributed by atoms with van der Waals surface area (Å²) >= 11 is 3.78. The molecule has 1 aliphatic heterocycles. The van der Waals surface area contributed by atoms with Crippen LogP contribution in [0.2, 0.25) is 0 Å². The van der Waals surface area contributed by atoms with E-state index in [1.165, 1.54) is 28.0 Å². The molecule has 2 aromatic rings. The lowest BCUT2D eigenvalue weighted by molar-refractivity contribution is 0.268. The van der Waals surface area contributed by atoms with Gasteiger partial charge in [0.2, 0.25) is 0 Å². The second-order valence-electron chi connectivity index (χ2n) is 8.72. The molecule has 0 N–H and O–H groups in total. The molecule has 4 rings (SSSR count). The van der Waals surface area contributed by atoms with Gasteiger partial charge in [0.1, 0.15) is 5.75 Å². The van der Waals surface area contributed by atoms with Gasteiger partial charge in [-0.05, 0) is 48.1 Å². The van der Waals surface area contributed by atoms with E-state index in [9.17, 15) is 0 Å². The minimum Gasteiger partial charge on any atom is -0.497 e. The van der Waals surface area contributed by atoms with E-state index in [0.717, 1.165) is 29.7 Å². The Hall–Kier alpha value is -2.00. The molecule has 2 nitrogen and oxygen atoms in total. The van der Waals surface area contributed by atoms with E-state index >= 15 is 0 Å². The van der Waals surface area contributed by atoms with Crippen LogP contribution in [-0.2, 0) is 6.54 Å². The van der Waals surface area contributed by atoms with Crippen molar-refractivity contribution in [2.45, 2.75) is 33.7 Å². The number of halogens is 1. The predicted octanol–water partition coefficient (Wildman–Crippen LogP) is 6.68. The monoisotopic (exact) mass is 437 g/mol. The van der Waals surface area contributed by atoms with E-state index in [1.807, 2.05) is 0 Å². The van der Waals surface area contributed by atoms with Crippen LogP contribution in [0.15, 0.2) is 70.3 Å². The first-order chi connectivity index (χ1) is 13.4. The number of hydrogen-bond donors (Lipinski definition) is 0. The summed E-state index contributed by atoms with van der Waals surface area (Å²) in [6.45, 7) is 9.12. The molecule has 1 saturated heterocycles. The van der Waals surface area contributed by atoms with Gasteiger partial charge in [0.15, 0.2) is 0 Å². The molecule has 0 spiro atoms. The largest absolute Gasteiger partial charge is 0.497 e. The van der Waals surface area contributed by atoms with Gasteiger partial charge < -0.3 is 9.64 Å². The maximum atomic E-state index is 5.32. The number of hydrogen-bond acceptors (Lipinski definition) is 2. The zero-order valence-electron chi connectivity index (χ0n) is 17.1.